The molecule has 1 amide bonds. The Hall–Kier alpha value is -1.55. The molecule has 0 aromatic heterocycles. The fourth-order valence-corrected chi connectivity index (χ4v) is 3.05. The average molecular weight is 318 g/mol. The molecule has 0 spiro atoms. The Morgan fingerprint density at radius 1 is 1.09 bits per heavy atom. The highest BCUT2D eigenvalue weighted by Crippen LogP contribution is 2.14. The van der Waals surface area contributed by atoms with Crippen molar-refractivity contribution in [2.75, 3.05) is 33.3 Å². The number of carbonyl (C=O) groups excluding carboxylic acids is 1. The van der Waals surface area contributed by atoms with Gasteiger partial charge in [0.25, 0.3) is 0 Å². The molecule has 128 valence electrons. The number of likely N-dealkylation sites (tertiary alicyclic amines) is 1. The minimum atomic E-state index is 0.264. The van der Waals surface area contributed by atoms with Crippen molar-refractivity contribution in [1.29, 1.82) is 0 Å². The van der Waals surface area contributed by atoms with Crippen LogP contribution in [0.25, 0.3) is 0 Å². The van der Waals surface area contributed by atoms with Crippen molar-refractivity contribution in [2.45, 2.75) is 45.6 Å². The van der Waals surface area contributed by atoms with Crippen LogP contribution >= 0.6 is 0 Å². The Morgan fingerprint density at radius 2 is 1.70 bits per heavy atom. The van der Waals surface area contributed by atoms with E-state index in [2.05, 4.69) is 17.0 Å². The third-order valence-electron chi connectivity index (χ3n) is 4.30. The molecule has 4 heteroatoms. The summed E-state index contributed by atoms with van der Waals surface area (Å²) >= 11 is 0. The third-order valence-corrected chi connectivity index (χ3v) is 4.30. The number of hydrogen-bond acceptors (Lipinski definition) is 3. The van der Waals surface area contributed by atoms with Crippen LogP contribution in [-0.2, 0) is 11.3 Å². The Balaban J connectivity index is 1.80. The Kier molecular flexibility index (Phi) is 7.40. The van der Waals surface area contributed by atoms with Gasteiger partial charge in [0.2, 0.25) is 5.91 Å². The van der Waals surface area contributed by atoms with Crippen LogP contribution in [0.5, 0.6) is 5.75 Å². The van der Waals surface area contributed by atoms with E-state index >= 15 is 0 Å². The van der Waals surface area contributed by atoms with Gasteiger partial charge in [-0.15, -0.1) is 0 Å². The first-order valence-corrected chi connectivity index (χ1v) is 8.87. The number of carbonyl (C=O) groups is 1. The van der Waals surface area contributed by atoms with Gasteiger partial charge in [0.05, 0.1) is 13.2 Å². The zero-order chi connectivity index (χ0) is 16.5. The molecule has 1 aliphatic rings. The number of benzene rings is 1. The Bertz CT molecular complexity index is 465. The summed E-state index contributed by atoms with van der Waals surface area (Å²) in [5, 5.41) is 0. The summed E-state index contributed by atoms with van der Waals surface area (Å²) in [6.45, 7) is 5.80. The van der Waals surface area contributed by atoms with E-state index in [4.69, 9.17) is 4.74 Å². The summed E-state index contributed by atoms with van der Waals surface area (Å²) in [6, 6.07) is 8.13. The first-order chi connectivity index (χ1) is 11.2. The monoisotopic (exact) mass is 318 g/mol. The van der Waals surface area contributed by atoms with Gasteiger partial charge in [0, 0.05) is 19.6 Å². The molecule has 0 saturated carbocycles. The van der Waals surface area contributed by atoms with Gasteiger partial charge in [-0.2, -0.15) is 0 Å². The van der Waals surface area contributed by atoms with Crippen molar-refractivity contribution in [2.24, 2.45) is 0 Å². The molecule has 0 radical (unpaired) electrons. The van der Waals surface area contributed by atoms with Crippen molar-refractivity contribution < 1.29 is 9.53 Å². The van der Waals surface area contributed by atoms with Crippen LogP contribution in [-0.4, -0.2) is 49.0 Å². The number of rotatable bonds is 6. The summed E-state index contributed by atoms with van der Waals surface area (Å²) in [7, 11) is 2.01. The van der Waals surface area contributed by atoms with Gasteiger partial charge >= 0.3 is 0 Å². The zero-order valence-electron chi connectivity index (χ0n) is 14.6. The molecule has 1 aromatic carbocycles. The number of likely N-dealkylation sites (N-methyl/N-ethyl adjacent to an activating group) is 1. The van der Waals surface area contributed by atoms with Crippen LogP contribution in [0.15, 0.2) is 24.3 Å². The van der Waals surface area contributed by atoms with Crippen molar-refractivity contribution >= 4 is 5.91 Å². The van der Waals surface area contributed by atoms with E-state index < -0.39 is 0 Å². The van der Waals surface area contributed by atoms with Crippen molar-refractivity contribution in [3.05, 3.63) is 29.8 Å². The molecule has 1 saturated heterocycles. The topological polar surface area (TPSA) is 32.8 Å². The smallest absolute Gasteiger partial charge is 0.236 e. The van der Waals surface area contributed by atoms with Crippen LogP contribution in [0.2, 0.25) is 0 Å². The quantitative estimate of drug-likeness (QED) is 0.807. The van der Waals surface area contributed by atoms with Gasteiger partial charge in [-0.05, 0) is 44.5 Å². The SMILES string of the molecule is CCOc1ccc(CN(C)CC(=O)N2CCCCCCC2)cc1. The molecule has 0 aliphatic carbocycles. The fourth-order valence-electron chi connectivity index (χ4n) is 3.05. The summed E-state index contributed by atoms with van der Waals surface area (Å²) in [4.78, 5) is 16.6. The van der Waals surface area contributed by atoms with Crippen LogP contribution in [0, 0.1) is 0 Å². The van der Waals surface area contributed by atoms with Crippen LogP contribution < -0.4 is 4.74 Å². The van der Waals surface area contributed by atoms with Gasteiger partial charge in [0.15, 0.2) is 0 Å². The summed E-state index contributed by atoms with van der Waals surface area (Å²) in [5.74, 6) is 1.16. The van der Waals surface area contributed by atoms with Crippen LogP contribution in [0.3, 0.4) is 0 Å². The lowest BCUT2D eigenvalue weighted by molar-refractivity contribution is -0.132. The lowest BCUT2D eigenvalue weighted by Crippen LogP contribution is -2.40. The molecule has 1 aliphatic heterocycles. The maximum atomic E-state index is 12.5. The zero-order valence-corrected chi connectivity index (χ0v) is 14.6. The first-order valence-electron chi connectivity index (χ1n) is 8.87. The molecule has 1 heterocycles. The summed E-state index contributed by atoms with van der Waals surface area (Å²) in [6.07, 6.45) is 6.12. The van der Waals surface area contributed by atoms with Crippen molar-refractivity contribution in [1.82, 2.24) is 9.80 Å². The maximum Gasteiger partial charge on any atom is 0.236 e. The van der Waals surface area contributed by atoms with Gasteiger partial charge in [-0.3, -0.25) is 9.69 Å². The van der Waals surface area contributed by atoms with Gasteiger partial charge < -0.3 is 9.64 Å². The second-order valence-corrected chi connectivity index (χ2v) is 6.40. The highest BCUT2D eigenvalue weighted by Gasteiger charge is 2.16. The minimum Gasteiger partial charge on any atom is -0.494 e. The second kappa shape index (κ2) is 9.56. The third kappa shape index (κ3) is 6.22. The van der Waals surface area contributed by atoms with Crippen LogP contribution in [0.1, 0.15) is 44.6 Å². The molecular formula is C19H30N2O2. The number of amides is 1. The van der Waals surface area contributed by atoms with Gasteiger partial charge in [-0.25, -0.2) is 0 Å². The summed E-state index contributed by atoms with van der Waals surface area (Å²) in [5.41, 5.74) is 1.21. The minimum absolute atomic E-state index is 0.264. The predicted molar refractivity (Wildman–Crippen MR) is 93.6 cm³/mol. The van der Waals surface area contributed by atoms with Gasteiger partial charge in [0.1, 0.15) is 5.75 Å². The second-order valence-electron chi connectivity index (χ2n) is 6.40. The fraction of sp³-hybridized carbons (Fsp3) is 0.632. The van der Waals surface area contributed by atoms with E-state index in [0.29, 0.717) is 13.2 Å². The highest BCUT2D eigenvalue weighted by molar-refractivity contribution is 5.78. The lowest BCUT2D eigenvalue weighted by atomic mass is 10.1. The van der Waals surface area contributed by atoms with Crippen molar-refractivity contribution in [3.8, 4) is 5.75 Å². The van der Waals surface area contributed by atoms with E-state index in [9.17, 15) is 4.79 Å². The number of nitrogens with zero attached hydrogens (tertiary/aromatic N) is 2. The molecule has 0 N–H and O–H groups in total. The molecule has 0 atom stereocenters. The van der Waals surface area contributed by atoms with Crippen molar-refractivity contribution in [3.63, 3.8) is 0 Å². The highest BCUT2D eigenvalue weighted by atomic mass is 16.5. The molecular weight excluding hydrogens is 288 g/mol. The largest absolute Gasteiger partial charge is 0.494 e. The molecule has 0 bridgehead atoms. The van der Waals surface area contributed by atoms with Crippen LogP contribution in [0.4, 0.5) is 0 Å². The van der Waals surface area contributed by atoms with E-state index in [1.807, 2.05) is 31.0 Å². The molecule has 2 rings (SSSR count). The number of hydrogen-bond donors (Lipinski definition) is 0. The molecule has 4 nitrogen and oxygen atoms in total. The molecule has 1 aromatic rings. The van der Waals surface area contributed by atoms with E-state index in [-0.39, 0.29) is 5.91 Å². The number of ether oxygens (including phenoxy) is 1. The lowest BCUT2D eigenvalue weighted by Gasteiger charge is -2.27. The normalized spacial score (nSPS) is 16.0. The van der Waals surface area contributed by atoms with E-state index in [1.165, 1.54) is 24.8 Å². The van der Waals surface area contributed by atoms with Gasteiger partial charge in [-0.1, -0.05) is 31.4 Å². The molecule has 1 fully saturated rings. The Labute approximate surface area is 140 Å². The Morgan fingerprint density at radius 3 is 2.30 bits per heavy atom. The molecule has 0 unspecified atom stereocenters. The van der Waals surface area contributed by atoms with E-state index in [1.54, 1.807) is 0 Å². The maximum absolute atomic E-state index is 12.5. The standard InChI is InChI=1S/C19H30N2O2/c1-3-23-18-11-9-17(10-12-18)15-20(2)16-19(22)21-13-7-5-4-6-8-14-21/h9-12H,3-8,13-16H2,1-2H3. The average Bonchev–Trinajstić information content (AvgIpc) is 2.49. The van der Waals surface area contributed by atoms with E-state index in [0.717, 1.165) is 38.2 Å². The predicted octanol–water partition coefficient (Wildman–Crippen LogP) is 3.31. The first kappa shape index (κ1) is 17.8. The summed E-state index contributed by atoms with van der Waals surface area (Å²) < 4.78 is 5.46. The molecule has 23 heavy (non-hydrogen) atoms.